The van der Waals surface area contributed by atoms with E-state index in [4.69, 9.17) is 4.42 Å². The van der Waals surface area contributed by atoms with Crippen molar-refractivity contribution in [1.29, 1.82) is 0 Å². The number of benzene rings is 3. The van der Waals surface area contributed by atoms with Crippen LogP contribution in [-0.2, 0) is 11.3 Å². The average molecular weight is 440 g/mol. The summed E-state index contributed by atoms with van der Waals surface area (Å²) < 4.78 is 5.25. The zero-order chi connectivity index (χ0) is 22.9. The Balaban J connectivity index is 1.41. The van der Waals surface area contributed by atoms with E-state index in [0.717, 1.165) is 11.1 Å². The van der Waals surface area contributed by atoms with Gasteiger partial charge in [-0.25, -0.2) is 0 Å². The van der Waals surface area contributed by atoms with Crippen LogP contribution in [0.4, 0.5) is 5.69 Å². The second-order valence-corrected chi connectivity index (χ2v) is 7.49. The van der Waals surface area contributed by atoms with Gasteiger partial charge in [-0.1, -0.05) is 72.8 Å². The number of carbonyl (C=O) groups is 2. The molecule has 4 aromatic rings. The Hall–Kier alpha value is -4.16. The van der Waals surface area contributed by atoms with Crippen molar-refractivity contribution in [1.82, 2.24) is 10.6 Å². The molecule has 0 saturated carbocycles. The van der Waals surface area contributed by atoms with Crippen LogP contribution < -0.4 is 16.0 Å². The highest BCUT2D eigenvalue weighted by atomic mass is 16.3. The summed E-state index contributed by atoms with van der Waals surface area (Å²) in [7, 11) is 0. The van der Waals surface area contributed by atoms with Gasteiger partial charge >= 0.3 is 0 Å². The molecule has 3 aromatic carbocycles. The number of furan rings is 1. The van der Waals surface area contributed by atoms with Gasteiger partial charge in [0.2, 0.25) is 5.91 Å². The van der Waals surface area contributed by atoms with E-state index in [1.165, 1.54) is 0 Å². The monoisotopic (exact) mass is 439 g/mol. The number of carbonyl (C=O) groups excluding carboxylic acids is 2. The minimum Gasteiger partial charge on any atom is -0.467 e. The molecule has 6 heteroatoms. The molecule has 0 saturated heterocycles. The number of hydrogen-bond donors (Lipinski definition) is 3. The molecule has 0 atom stereocenters. The number of nitrogens with one attached hydrogen (secondary N) is 3. The summed E-state index contributed by atoms with van der Waals surface area (Å²) in [6.07, 6.45) is 1.56. The van der Waals surface area contributed by atoms with Crippen molar-refractivity contribution >= 4 is 17.5 Å². The van der Waals surface area contributed by atoms with Gasteiger partial charge in [0.15, 0.2) is 0 Å². The molecule has 0 aliphatic rings. The first-order valence-electron chi connectivity index (χ1n) is 10.7. The number of hydrogen-bond acceptors (Lipinski definition) is 4. The zero-order valence-electron chi connectivity index (χ0n) is 18.0. The minimum atomic E-state index is -0.290. The van der Waals surface area contributed by atoms with Crippen molar-refractivity contribution in [3.8, 4) is 0 Å². The third kappa shape index (κ3) is 5.96. The van der Waals surface area contributed by atoms with E-state index in [-0.39, 0.29) is 30.9 Å². The first-order valence-corrected chi connectivity index (χ1v) is 10.7. The maximum Gasteiger partial charge on any atom is 0.253 e. The third-order valence-corrected chi connectivity index (χ3v) is 5.18. The number of amides is 2. The Morgan fingerprint density at radius 1 is 0.758 bits per heavy atom. The van der Waals surface area contributed by atoms with Gasteiger partial charge in [0, 0.05) is 0 Å². The lowest BCUT2D eigenvalue weighted by atomic mass is 9.99. The Morgan fingerprint density at radius 2 is 1.39 bits per heavy atom. The first-order chi connectivity index (χ1) is 16.2. The van der Waals surface area contributed by atoms with Crippen LogP contribution >= 0.6 is 0 Å². The molecule has 0 fully saturated rings. The molecule has 0 spiro atoms. The molecule has 0 aliphatic carbocycles. The largest absolute Gasteiger partial charge is 0.467 e. The Labute approximate surface area is 192 Å². The van der Waals surface area contributed by atoms with Crippen LogP contribution in [0.15, 0.2) is 108 Å². The standard InChI is InChI=1S/C27H25N3O3/c31-25(19-28-26(20-10-3-1-4-11-20)21-12-5-2-6-13-21)30-24-16-8-7-15-23(24)27(32)29-18-22-14-9-17-33-22/h1-17,26,28H,18-19H2,(H,29,32)(H,30,31). The van der Waals surface area contributed by atoms with Crippen molar-refractivity contribution < 1.29 is 14.0 Å². The van der Waals surface area contributed by atoms with Gasteiger partial charge in [-0.2, -0.15) is 0 Å². The first kappa shape index (κ1) is 22.0. The average Bonchev–Trinajstić information content (AvgIpc) is 3.38. The van der Waals surface area contributed by atoms with Crippen LogP contribution in [0.25, 0.3) is 0 Å². The Morgan fingerprint density at radius 3 is 2.03 bits per heavy atom. The van der Waals surface area contributed by atoms with Gasteiger partial charge in [0.05, 0.1) is 36.6 Å². The topological polar surface area (TPSA) is 83.4 Å². The molecule has 1 aromatic heterocycles. The lowest BCUT2D eigenvalue weighted by Crippen LogP contribution is -2.32. The number of para-hydroxylation sites is 1. The summed E-state index contributed by atoms with van der Waals surface area (Å²) in [6, 6.07) is 30.3. The molecule has 33 heavy (non-hydrogen) atoms. The maximum atomic E-state index is 12.8. The van der Waals surface area contributed by atoms with Gasteiger partial charge in [-0.3, -0.25) is 14.9 Å². The molecule has 0 bridgehead atoms. The Bertz CT molecular complexity index is 1140. The lowest BCUT2D eigenvalue weighted by Gasteiger charge is -2.20. The smallest absolute Gasteiger partial charge is 0.253 e. The van der Waals surface area contributed by atoms with Crippen LogP contribution in [0, 0.1) is 0 Å². The van der Waals surface area contributed by atoms with Gasteiger partial charge in [-0.15, -0.1) is 0 Å². The summed E-state index contributed by atoms with van der Waals surface area (Å²) in [5, 5.41) is 9.01. The highest BCUT2D eigenvalue weighted by Crippen LogP contribution is 2.21. The SMILES string of the molecule is O=C(CNC(c1ccccc1)c1ccccc1)Nc1ccccc1C(=O)NCc1ccco1. The molecule has 1 heterocycles. The second-order valence-electron chi connectivity index (χ2n) is 7.49. The Kier molecular flexibility index (Phi) is 7.30. The van der Waals surface area contributed by atoms with Crippen molar-refractivity contribution in [2.24, 2.45) is 0 Å². The quantitative estimate of drug-likeness (QED) is 0.358. The van der Waals surface area contributed by atoms with E-state index >= 15 is 0 Å². The van der Waals surface area contributed by atoms with E-state index < -0.39 is 0 Å². The molecule has 6 nitrogen and oxygen atoms in total. The van der Waals surface area contributed by atoms with E-state index in [2.05, 4.69) is 16.0 Å². The molecule has 0 unspecified atom stereocenters. The molecule has 166 valence electrons. The van der Waals surface area contributed by atoms with E-state index in [1.54, 1.807) is 42.7 Å². The van der Waals surface area contributed by atoms with Crippen LogP contribution in [0.5, 0.6) is 0 Å². The zero-order valence-corrected chi connectivity index (χ0v) is 18.0. The minimum absolute atomic E-state index is 0.0802. The van der Waals surface area contributed by atoms with Crippen molar-refractivity contribution in [2.75, 3.05) is 11.9 Å². The van der Waals surface area contributed by atoms with E-state index in [1.807, 2.05) is 60.7 Å². The second kappa shape index (κ2) is 10.9. The summed E-state index contributed by atoms with van der Waals surface area (Å²) >= 11 is 0. The fraction of sp³-hybridized carbons (Fsp3) is 0.111. The highest BCUT2D eigenvalue weighted by Gasteiger charge is 2.17. The molecule has 0 aliphatic heterocycles. The fourth-order valence-corrected chi connectivity index (χ4v) is 3.57. The summed E-state index contributed by atoms with van der Waals surface area (Å²) in [6.45, 7) is 0.350. The van der Waals surface area contributed by atoms with Crippen LogP contribution in [0.3, 0.4) is 0 Å². The van der Waals surface area contributed by atoms with Crippen LogP contribution in [0.2, 0.25) is 0 Å². The van der Waals surface area contributed by atoms with Gasteiger partial charge < -0.3 is 15.1 Å². The molecular weight excluding hydrogens is 414 g/mol. The van der Waals surface area contributed by atoms with Crippen molar-refractivity contribution in [2.45, 2.75) is 12.6 Å². The summed E-state index contributed by atoms with van der Waals surface area (Å²) in [5.74, 6) is 0.127. The van der Waals surface area contributed by atoms with Crippen molar-refractivity contribution in [3.63, 3.8) is 0 Å². The summed E-state index contributed by atoms with van der Waals surface area (Å²) in [4.78, 5) is 25.4. The summed E-state index contributed by atoms with van der Waals surface area (Å²) in [5.41, 5.74) is 2.97. The van der Waals surface area contributed by atoms with E-state index in [0.29, 0.717) is 17.0 Å². The van der Waals surface area contributed by atoms with Crippen LogP contribution in [0.1, 0.15) is 33.3 Å². The molecule has 0 radical (unpaired) electrons. The molecule has 3 N–H and O–H groups in total. The van der Waals surface area contributed by atoms with Gasteiger partial charge in [0.25, 0.3) is 5.91 Å². The lowest BCUT2D eigenvalue weighted by molar-refractivity contribution is -0.115. The van der Waals surface area contributed by atoms with Gasteiger partial charge in [-0.05, 0) is 35.4 Å². The predicted octanol–water partition coefficient (Wildman–Crippen LogP) is 4.53. The molecular formula is C27H25N3O3. The highest BCUT2D eigenvalue weighted by molar-refractivity contribution is 6.04. The predicted molar refractivity (Wildman–Crippen MR) is 128 cm³/mol. The van der Waals surface area contributed by atoms with Crippen LogP contribution in [-0.4, -0.2) is 18.4 Å². The normalized spacial score (nSPS) is 10.7. The molecule has 2 amide bonds. The van der Waals surface area contributed by atoms with E-state index in [9.17, 15) is 9.59 Å². The fourth-order valence-electron chi connectivity index (χ4n) is 3.57. The number of anilines is 1. The van der Waals surface area contributed by atoms with Crippen molar-refractivity contribution in [3.05, 3.63) is 126 Å². The number of rotatable bonds is 9. The third-order valence-electron chi connectivity index (χ3n) is 5.18. The van der Waals surface area contributed by atoms with Gasteiger partial charge in [0.1, 0.15) is 5.76 Å². The maximum absolute atomic E-state index is 12.8. The molecule has 4 rings (SSSR count).